The summed E-state index contributed by atoms with van der Waals surface area (Å²) >= 11 is 5.08. The van der Waals surface area contributed by atoms with Crippen LogP contribution < -0.4 is 5.73 Å². The molecular formula is C9H11BrN4S. The lowest BCUT2D eigenvalue weighted by atomic mass is 10.2. The van der Waals surface area contributed by atoms with E-state index in [4.69, 9.17) is 5.73 Å². The van der Waals surface area contributed by atoms with Gasteiger partial charge >= 0.3 is 0 Å². The molecule has 2 N–H and O–H groups in total. The van der Waals surface area contributed by atoms with E-state index < -0.39 is 0 Å². The molecule has 1 unspecified atom stereocenters. The molecule has 6 heteroatoms. The lowest BCUT2D eigenvalue weighted by molar-refractivity contribution is 0.635. The van der Waals surface area contributed by atoms with Crippen molar-refractivity contribution in [3.63, 3.8) is 0 Å². The van der Waals surface area contributed by atoms with E-state index in [1.165, 1.54) is 0 Å². The van der Waals surface area contributed by atoms with E-state index in [0.29, 0.717) is 6.42 Å². The molecule has 0 bridgehead atoms. The molecule has 0 radical (unpaired) electrons. The Morgan fingerprint density at radius 3 is 2.93 bits per heavy atom. The third-order valence-electron chi connectivity index (χ3n) is 2.17. The minimum atomic E-state index is -0.0100. The van der Waals surface area contributed by atoms with Crippen molar-refractivity contribution in [1.29, 1.82) is 0 Å². The highest BCUT2D eigenvalue weighted by Gasteiger charge is 2.12. The van der Waals surface area contributed by atoms with Gasteiger partial charge < -0.3 is 5.73 Å². The summed E-state index contributed by atoms with van der Waals surface area (Å²) in [6.07, 6.45) is 2.26. The van der Waals surface area contributed by atoms with Gasteiger partial charge in [0, 0.05) is 24.4 Å². The number of hydrogen-bond donors (Lipinski definition) is 1. The molecule has 0 amide bonds. The molecule has 0 aliphatic rings. The van der Waals surface area contributed by atoms with E-state index in [9.17, 15) is 0 Å². The molecular weight excluding hydrogens is 276 g/mol. The molecule has 0 aromatic carbocycles. The monoisotopic (exact) mass is 286 g/mol. The van der Waals surface area contributed by atoms with Crippen LogP contribution in [0.25, 0.3) is 0 Å². The van der Waals surface area contributed by atoms with Crippen molar-refractivity contribution >= 4 is 27.3 Å². The molecule has 0 saturated carbocycles. The fourth-order valence-corrected chi connectivity index (χ4v) is 2.75. The van der Waals surface area contributed by atoms with Gasteiger partial charge in [-0.3, -0.25) is 4.68 Å². The van der Waals surface area contributed by atoms with E-state index >= 15 is 0 Å². The smallest absolute Gasteiger partial charge is 0.138 e. The molecule has 4 nitrogen and oxygen atoms in total. The topological polar surface area (TPSA) is 56.7 Å². The summed E-state index contributed by atoms with van der Waals surface area (Å²) in [5.74, 6) is 0.909. The zero-order valence-electron chi connectivity index (χ0n) is 8.22. The van der Waals surface area contributed by atoms with E-state index in [-0.39, 0.29) is 6.04 Å². The lowest BCUT2D eigenvalue weighted by Crippen LogP contribution is -2.14. The van der Waals surface area contributed by atoms with E-state index in [2.05, 4.69) is 26.0 Å². The number of aryl methyl sites for hydroxylation is 1. The molecule has 0 aliphatic heterocycles. The quantitative estimate of drug-likeness (QED) is 0.937. The summed E-state index contributed by atoms with van der Waals surface area (Å²) in [4.78, 5) is 5.31. The second-order valence-corrected chi connectivity index (χ2v) is 5.75. The van der Waals surface area contributed by atoms with Gasteiger partial charge in [-0.1, -0.05) is 0 Å². The predicted molar refractivity (Wildman–Crippen MR) is 63.7 cm³/mol. The third kappa shape index (κ3) is 2.45. The fourth-order valence-electron chi connectivity index (χ4n) is 1.33. The molecule has 80 valence electrons. The molecule has 1 atom stereocenters. The second kappa shape index (κ2) is 4.42. The largest absolute Gasteiger partial charge is 0.323 e. The Hall–Kier alpha value is -0.720. The van der Waals surface area contributed by atoms with Crippen LogP contribution >= 0.6 is 27.3 Å². The minimum absolute atomic E-state index is 0.0100. The molecule has 0 aliphatic carbocycles. The highest BCUT2D eigenvalue weighted by molar-refractivity contribution is 9.11. The molecule has 0 spiro atoms. The summed E-state index contributed by atoms with van der Waals surface area (Å²) in [6, 6.07) is 4.04. The summed E-state index contributed by atoms with van der Waals surface area (Å²) < 4.78 is 2.86. The number of hydrogen-bond acceptors (Lipinski definition) is 4. The fraction of sp³-hybridized carbons (Fsp3) is 0.333. The Bertz CT molecular complexity index is 450. The maximum atomic E-state index is 6.08. The highest BCUT2D eigenvalue weighted by Crippen LogP contribution is 2.27. The van der Waals surface area contributed by atoms with Crippen LogP contribution in [0.5, 0.6) is 0 Å². The van der Waals surface area contributed by atoms with Crippen LogP contribution in [0.2, 0.25) is 0 Å². The average molecular weight is 287 g/mol. The summed E-state index contributed by atoms with van der Waals surface area (Å²) in [5.41, 5.74) is 6.08. The van der Waals surface area contributed by atoms with Crippen molar-refractivity contribution in [2.24, 2.45) is 12.8 Å². The SMILES string of the molecule is Cn1ncnc1CC(N)c1ccc(Br)s1. The van der Waals surface area contributed by atoms with Crippen molar-refractivity contribution in [1.82, 2.24) is 14.8 Å². The molecule has 0 saturated heterocycles. The predicted octanol–water partition coefficient (Wildman–Crippen LogP) is 1.88. The average Bonchev–Trinajstić information content (AvgIpc) is 2.77. The summed E-state index contributed by atoms with van der Waals surface area (Å²) in [6.45, 7) is 0. The Morgan fingerprint density at radius 2 is 2.40 bits per heavy atom. The van der Waals surface area contributed by atoms with Crippen molar-refractivity contribution < 1.29 is 0 Å². The van der Waals surface area contributed by atoms with Gasteiger partial charge in [-0.2, -0.15) is 5.10 Å². The van der Waals surface area contributed by atoms with Crippen LogP contribution in [0.4, 0.5) is 0 Å². The van der Waals surface area contributed by atoms with Crippen LogP contribution in [0.3, 0.4) is 0 Å². The van der Waals surface area contributed by atoms with Gasteiger partial charge in [-0.25, -0.2) is 4.98 Å². The molecule has 2 heterocycles. The number of rotatable bonds is 3. The Balaban J connectivity index is 2.10. The van der Waals surface area contributed by atoms with Gasteiger partial charge in [0.2, 0.25) is 0 Å². The summed E-state index contributed by atoms with van der Waals surface area (Å²) in [7, 11) is 1.87. The first-order valence-electron chi connectivity index (χ1n) is 4.50. The number of aromatic nitrogens is 3. The molecule has 2 aromatic rings. The van der Waals surface area contributed by atoms with Gasteiger partial charge in [0.1, 0.15) is 12.2 Å². The molecule has 2 rings (SSSR count). The zero-order valence-corrected chi connectivity index (χ0v) is 10.6. The van der Waals surface area contributed by atoms with Crippen LogP contribution in [0.1, 0.15) is 16.7 Å². The van der Waals surface area contributed by atoms with E-state index in [0.717, 1.165) is 14.5 Å². The first-order chi connectivity index (χ1) is 7.16. The molecule has 15 heavy (non-hydrogen) atoms. The van der Waals surface area contributed by atoms with Gasteiger partial charge in [-0.15, -0.1) is 11.3 Å². The molecule has 0 fully saturated rings. The van der Waals surface area contributed by atoms with E-state index in [1.807, 2.05) is 19.2 Å². The van der Waals surface area contributed by atoms with Crippen molar-refractivity contribution in [3.8, 4) is 0 Å². The van der Waals surface area contributed by atoms with Crippen LogP contribution in [-0.2, 0) is 13.5 Å². The van der Waals surface area contributed by atoms with Crippen molar-refractivity contribution in [2.45, 2.75) is 12.5 Å². The first-order valence-corrected chi connectivity index (χ1v) is 6.11. The number of nitrogens with two attached hydrogens (primary N) is 1. The van der Waals surface area contributed by atoms with E-state index in [1.54, 1.807) is 22.3 Å². The first kappa shape index (κ1) is 10.8. The van der Waals surface area contributed by atoms with Gasteiger partial charge in [0.25, 0.3) is 0 Å². The Kier molecular flexibility index (Phi) is 3.18. The van der Waals surface area contributed by atoms with Gasteiger partial charge in [0.15, 0.2) is 0 Å². The van der Waals surface area contributed by atoms with Gasteiger partial charge in [-0.05, 0) is 28.1 Å². The maximum absolute atomic E-state index is 6.08. The van der Waals surface area contributed by atoms with Crippen molar-refractivity contribution in [2.75, 3.05) is 0 Å². The van der Waals surface area contributed by atoms with Crippen LogP contribution in [0, 0.1) is 0 Å². The number of nitrogens with zero attached hydrogens (tertiary/aromatic N) is 3. The Morgan fingerprint density at radius 1 is 1.60 bits per heavy atom. The van der Waals surface area contributed by atoms with Gasteiger partial charge in [0.05, 0.1) is 3.79 Å². The standard InChI is InChI=1S/C9H11BrN4S/c1-14-9(12-5-13-14)4-6(11)7-2-3-8(10)15-7/h2-3,5-6H,4,11H2,1H3. The van der Waals surface area contributed by atoms with Crippen LogP contribution in [-0.4, -0.2) is 14.8 Å². The maximum Gasteiger partial charge on any atom is 0.138 e. The lowest BCUT2D eigenvalue weighted by Gasteiger charge is -2.07. The Labute approximate surface area is 100 Å². The third-order valence-corrected chi connectivity index (χ3v) is 3.92. The highest BCUT2D eigenvalue weighted by atomic mass is 79.9. The number of halogens is 1. The van der Waals surface area contributed by atoms with Crippen LogP contribution in [0.15, 0.2) is 22.2 Å². The number of thiophene rings is 1. The summed E-state index contributed by atoms with van der Waals surface area (Å²) in [5, 5.41) is 4.01. The second-order valence-electron chi connectivity index (χ2n) is 3.25. The normalized spacial score (nSPS) is 13.0. The van der Waals surface area contributed by atoms with Crippen molar-refractivity contribution in [3.05, 3.63) is 32.9 Å². The zero-order chi connectivity index (χ0) is 10.8. The minimum Gasteiger partial charge on any atom is -0.323 e. The molecule has 2 aromatic heterocycles.